The molecule has 0 unspecified atom stereocenters. The molecule has 0 aliphatic heterocycles. The van der Waals surface area contributed by atoms with Gasteiger partial charge in [0.2, 0.25) is 5.91 Å². The fraction of sp³-hybridized carbons (Fsp3) is 0.429. The van der Waals surface area contributed by atoms with Crippen LogP contribution in [0, 0.1) is 0 Å². The van der Waals surface area contributed by atoms with Crippen LogP contribution in [0.15, 0.2) is 6.07 Å². The summed E-state index contributed by atoms with van der Waals surface area (Å²) in [5, 5.41) is 6.69. The van der Waals surface area contributed by atoms with Gasteiger partial charge in [-0.1, -0.05) is 6.92 Å². The van der Waals surface area contributed by atoms with Gasteiger partial charge in [0.25, 0.3) is 0 Å². The fourth-order valence-corrected chi connectivity index (χ4v) is 0.869. The van der Waals surface area contributed by atoms with Crippen molar-refractivity contribution in [2.45, 2.75) is 19.8 Å². The fourth-order valence-electron chi connectivity index (χ4n) is 0.869. The number of nitrogens with one attached hydrogen (secondary N) is 1. The van der Waals surface area contributed by atoms with Gasteiger partial charge in [-0.2, -0.15) is 5.10 Å². The van der Waals surface area contributed by atoms with E-state index in [-0.39, 0.29) is 12.3 Å². The van der Waals surface area contributed by atoms with Crippen LogP contribution < -0.4 is 5.73 Å². The lowest BCUT2D eigenvalue weighted by molar-refractivity contribution is -0.117. The molecule has 1 aromatic heterocycles. The van der Waals surface area contributed by atoms with Crippen molar-refractivity contribution >= 4 is 5.91 Å². The Morgan fingerprint density at radius 1 is 1.82 bits per heavy atom. The number of rotatable bonds is 3. The maximum Gasteiger partial charge on any atom is 0.223 e. The number of aromatic nitrogens is 2. The van der Waals surface area contributed by atoms with Gasteiger partial charge in [0, 0.05) is 5.69 Å². The quantitative estimate of drug-likeness (QED) is 0.641. The highest BCUT2D eigenvalue weighted by atomic mass is 16.1. The Morgan fingerprint density at radius 2 is 2.55 bits per heavy atom. The van der Waals surface area contributed by atoms with Crippen molar-refractivity contribution in [3.8, 4) is 0 Å². The molecule has 3 N–H and O–H groups in total. The van der Waals surface area contributed by atoms with E-state index in [2.05, 4.69) is 10.2 Å². The summed E-state index contributed by atoms with van der Waals surface area (Å²) < 4.78 is 0. The molecular weight excluding hydrogens is 142 g/mol. The average Bonchev–Trinajstić information content (AvgIpc) is 2.34. The molecule has 0 bridgehead atoms. The molecule has 0 radical (unpaired) electrons. The van der Waals surface area contributed by atoms with Gasteiger partial charge in [-0.15, -0.1) is 0 Å². The number of carbonyl (C=O) groups excluding carboxylic acids is 1. The summed E-state index contributed by atoms with van der Waals surface area (Å²) >= 11 is 0. The number of H-pyrrole nitrogens is 1. The van der Waals surface area contributed by atoms with Crippen molar-refractivity contribution in [3.63, 3.8) is 0 Å². The van der Waals surface area contributed by atoms with E-state index in [1.54, 1.807) is 0 Å². The zero-order chi connectivity index (χ0) is 8.27. The van der Waals surface area contributed by atoms with Crippen LogP contribution in [-0.2, 0) is 17.6 Å². The molecular formula is C7H11N3O. The number of nitrogens with zero attached hydrogens (tertiary/aromatic N) is 1. The van der Waals surface area contributed by atoms with Gasteiger partial charge in [-0.3, -0.25) is 9.89 Å². The molecule has 11 heavy (non-hydrogen) atoms. The lowest BCUT2D eigenvalue weighted by atomic mass is 10.2. The van der Waals surface area contributed by atoms with Crippen LogP contribution in [0.4, 0.5) is 0 Å². The third-order valence-corrected chi connectivity index (χ3v) is 1.41. The summed E-state index contributed by atoms with van der Waals surface area (Å²) in [4.78, 5) is 10.4. The van der Waals surface area contributed by atoms with Crippen molar-refractivity contribution in [1.82, 2.24) is 10.2 Å². The average molecular weight is 153 g/mol. The molecule has 0 atom stereocenters. The number of amides is 1. The zero-order valence-electron chi connectivity index (χ0n) is 6.42. The smallest absolute Gasteiger partial charge is 0.223 e. The molecule has 1 rings (SSSR count). The lowest BCUT2D eigenvalue weighted by Crippen LogP contribution is -2.13. The highest BCUT2D eigenvalue weighted by Gasteiger charge is 2.01. The maximum atomic E-state index is 10.4. The first-order valence-corrected chi connectivity index (χ1v) is 3.54. The van der Waals surface area contributed by atoms with Crippen LogP contribution in [0.2, 0.25) is 0 Å². The predicted molar refractivity (Wildman–Crippen MR) is 40.9 cm³/mol. The van der Waals surface area contributed by atoms with Crippen molar-refractivity contribution < 1.29 is 4.79 Å². The molecule has 0 saturated heterocycles. The van der Waals surface area contributed by atoms with E-state index >= 15 is 0 Å². The second kappa shape index (κ2) is 3.18. The van der Waals surface area contributed by atoms with E-state index in [1.807, 2.05) is 13.0 Å². The Hall–Kier alpha value is -1.32. The third-order valence-electron chi connectivity index (χ3n) is 1.41. The molecule has 1 amide bonds. The largest absolute Gasteiger partial charge is 0.369 e. The zero-order valence-corrected chi connectivity index (χ0v) is 6.42. The molecule has 60 valence electrons. The Morgan fingerprint density at radius 3 is 3.00 bits per heavy atom. The first-order chi connectivity index (χ1) is 5.22. The molecule has 4 heteroatoms. The maximum absolute atomic E-state index is 10.4. The van der Waals surface area contributed by atoms with E-state index < -0.39 is 0 Å². The SMILES string of the molecule is CCc1cc(CC(N)=O)[nH]n1. The molecule has 1 aromatic rings. The number of nitrogens with two attached hydrogens (primary N) is 1. The third kappa shape index (κ3) is 2.07. The van der Waals surface area contributed by atoms with Gasteiger partial charge < -0.3 is 5.73 Å². The van der Waals surface area contributed by atoms with Gasteiger partial charge >= 0.3 is 0 Å². The van der Waals surface area contributed by atoms with Crippen LogP contribution in [0.1, 0.15) is 18.3 Å². The van der Waals surface area contributed by atoms with Crippen molar-refractivity contribution in [1.29, 1.82) is 0 Å². The topological polar surface area (TPSA) is 71.8 Å². The first-order valence-electron chi connectivity index (χ1n) is 3.54. The normalized spacial score (nSPS) is 9.91. The van der Waals surface area contributed by atoms with Crippen LogP contribution >= 0.6 is 0 Å². The molecule has 0 aliphatic carbocycles. The monoisotopic (exact) mass is 153 g/mol. The van der Waals surface area contributed by atoms with Gasteiger partial charge in [0.15, 0.2) is 0 Å². The minimum Gasteiger partial charge on any atom is -0.369 e. The summed E-state index contributed by atoms with van der Waals surface area (Å²) in [6.45, 7) is 2.00. The Kier molecular flexibility index (Phi) is 2.25. The number of primary amides is 1. The van der Waals surface area contributed by atoms with Gasteiger partial charge in [0.1, 0.15) is 0 Å². The molecule has 0 saturated carbocycles. The summed E-state index contributed by atoms with van der Waals surface area (Å²) in [5.41, 5.74) is 6.73. The first kappa shape index (κ1) is 7.78. The van der Waals surface area contributed by atoms with E-state index in [0.717, 1.165) is 17.8 Å². The standard InChI is InChI=1S/C7H11N3O/c1-2-5-3-6(10-9-5)4-7(8)11/h3H,2,4H2,1H3,(H2,8,11)(H,9,10). The summed E-state index contributed by atoms with van der Waals surface area (Å²) in [6, 6.07) is 1.85. The van der Waals surface area contributed by atoms with E-state index in [0.29, 0.717) is 0 Å². The highest BCUT2D eigenvalue weighted by molar-refractivity contribution is 5.76. The Balaban J connectivity index is 2.65. The van der Waals surface area contributed by atoms with Crippen molar-refractivity contribution in [2.75, 3.05) is 0 Å². The van der Waals surface area contributed by atoms with Gasteiger partial charge in [-0.25, -0.2) is 0 Å². The molecule has 0 fully saturated rings. The van der Waals surface area contributed by atoms with Gasteiger partial charge in [0.05, 0.1) is 12.1 Å². The number of hydrogen-bond donors (Lipinski definition) is 2. The number of aromatic amines is 1. The predicted octanol–water partition coefficient (Wildman–Crippen LogP) is -0.000100. The van der Waals surface area contributed by atoms with Crippen LogP contribution in [0.25, 0.3) is 0 Å². The van der Waals surface area contributed by atoms with Crippen LogP contribution in [-0.4, -0.2) is 16.1 Å². The number of carbonyl (C=O) groups is 1. The highest BCUT2D eigenvalue weighted by Crippen LogP contribution is 1.99. The Labute approximate surface area is 64.8 Å². The minimum atomic E-state index is -0.337. The second-order valence-electron chi connectivity index (χ2n) is 2.38. The Bertz CT molecular complexity index is 254. The van der Waals surface area contributed by atoms with E-state index in [4.69, 9.17) is 5.73 Å². The van der Waals surface area contributed by atoms with E-state index in [9.17, 15) is 4.79 Å². The molecule has 4 nitrogen and oxygen atoms in total. The van der Waals surface area contributed by atoms with Gasteiger partial charge in [-0.05, 0) is 12.5 Å². The minimum absolute atomic E-state index is 0.243. The molecule has 0 aromatic carbocycles. The second-order valence-corrected chi connectivity index (χ2v) is 2.38. The number of hydrogen-bond acceptors (Lipinski definition) is 2. The van der Waals surface area contributed by atoms with Crippen LogP contribution in [0.5, 0.6) is 0 Å². The molecule has 0 aliphatic rings. The number of aryl methyl sites for hydroxylation is 1. The molecule has 0 spiro atoms. The summed E-state index contributed by atoms with van der Waals surface area (Å²) in [5.74, 6) is -0.337. The van der Waals surface area contributed by atoms with Crippen molar-refractivity contribution in [3.05, 3.63) is 17.5 Å². The summed E-state index contributed by atoms with van der Waals surface area (Å²) in [7, 11) is 0. The van der Waals surface area contributed by atoms with E-state index in [1.165, 1.54) is 0 Å². The van der Waals surface area contributed by atoms with Crippen molar-refractivity contribution in [2.24, 2.45) is 5.73 Å². The lowest BCUT2D eigenvalue weighted by Gasteiger charge is -1.87. The molecule has 1 heterocycles. The van der Waals surface area contributed by atoms with Crippen LogP contribution in [0.3, 0.4) is 0 Å². The summed E-state index contributed by atoms with van der Waals surface area (Å²) in [6.07, 6.45) is 1.11.